The van der Waals surface area contributed by atoms with Crippen LogP contribution in [0.1, 0.15) is 16.7 Å². The van der Waals surface area contributed by atoms with Crippen molar-refractivity contribution in [1.82, 2.24) is 5.32 Å². The summed E-state index contributed by atoms with van der Waals surface area (Å²) in [6.45, 7) is 3.81. The van der Waals surface area contributed by atoms with E-state index in [-0.39, 0.29) is 23.6 Å². The second kappa shape index (κ2) is 11.2. The monoisotopic (exact) mass is 579 g/mol. The number of imide groups is 2. The van der Waals surface area contributed by atoms with Gasteiger partial charge in [0.2, 0.25) is 0 Å². The molecule has 0 aliphatic carbocycles. The molecule has 0 radical (unpaired) electrons. The highest BCUT2D eigenvalue weighted by atomic mass is 79.9. The first-order chi connectivity index (χ1) is 18.2. The van der Waals surface area contributed by atoms with Gasteiger partial charge in [0.15, 0.2) is 0 Å². The number of amides is 4. The van der Waals surface area contributed by atoms with Crippen molar-refractivity contribution < 1.29 is 28.4 Å². The lowest BCUT2D eigenvalue weighted by atomic mass is 10.0. The second-order valence-corrected chi connectivity index (χ2v) is 8.99. The molecule has 0 saturated carbocycles. The number of non-ortho nitro benzene ring substituents is 1. The largest absolute Gasteiger partial charge is 0.487 e. The number of barbiturate groups is 1. The number of allylic oxidation sites excluding steroid dienone is 1. The molecule has 0 spiro atoms. The van der Waals surface area contributed by atoms with E-state index in [9.17, 15) is 28.9 Å². The number of hydrogen-bond donors (Lipinski definition) is 1. The average molecular weight is 580 g/mol. The van der Waals surface area contributed by atoms with Gasteiger partial charge in [0.25, 0.3) is 17.5 Å². The Hall–Kier alpha value is -4.64. The van der Waals surface area contributed by atoms with Crippen molar-refractivity contribution in [2.75, 3.05) is 4.90 Å². The molecule has 0 aromatic heterocycles. The van der Waals surface area contributed by atoms with E-state index in [4.69, 9.17) is 4.74 Å². The lowest BCUT2D eigenvalue weighted by Gasteiger charge is -2.26. The Morgan fingerprint density at radius 2 is 1.84 bits per heavy atom. The van der Waals surface area contributed by atoms with Crippen LogP contribution in [0, 0.1) is 15.9 Å². The quantitative estimate of drug-likeness (QED) is 0.124. The van der Waals surface area contributed by atoms with E-state index in [0.29, 0.717) is 33.3 Å². The van der Waals surface area contributed by atoms with E-state index < -0.39 is 28.6 Å². The van der Waals surface area contributed by atoms with Crippen LogP contribution in [0.15, 0.2) is 83.4 Å². The summed E-state index contributed by atoms with van der Waals surface area (Å²) in [7, 11) is 0. The van der Waals surface area contributed by atoms with Gasteiger partial charge < -0.3 is 4.74 Å². The Morgan fingerprint density at radius 1 is 1.11 bits per heavy atom. The smallest absolute Gasteiger partial charge is 0.335 e. The van der Waals surface area contributed by atoms with E-state index in [1.807, 2.05) is 0 Å². The van der Waals surface area contributed by atoms with Gasteiger partial charge in [-0.1, -0.05) is 18.2 Å². The first-order valence-corrected chi connectivity index (χ1v) is 11.9. The van der Waals surface area contributed by atoms with Crippen LogP contribution in [0.3, 0.4) is 0 Å². The number of carbonyl (C=O) groups is 3. The number of benzene rings is 3. The summed E-state index contributed by atoms with van der Waals surface area (Å²) in [5, 5.41) is 13.2. The molecule has 3 aromatic rings. The van der Waals surface area contributed by atoms with Gasteiger partial charge in [-0.05, 0) is 81.5 Å². The first kappa shape index (κ1) is 26.4. The van der Waals surface area contributed by atoms with E-state index in [0.717, 1.165) is 17.0 Å². The van der Waals surface area contributed by atoms with Crippen molar-refractivity contribution in [2.45, 2.75) is 13.0 Å². The number of nitro benzene ring substituents is 1. The van der Waals surface area contributed by atoms with Gasteiger partial charge in [-0.25, -0.2) is 14.1 Å². The zero-order chi connectivity index (χ0) is 27.4. The van der Waals surface area contributed by atoms with Gasteiger partial charge in [0.1, 0.15) is 23.7 Å². The highest BCUT2D eigenvalue weighted by molar-refractivity contribution is 9.10. The van der Waals surface area contributed by atoms with Crippen molar-refractivity contribution in [3.05, 3.63) is 116 Å². The molecule has 4 amide bonds. The normalized spacial score (nSPS) is 14.4. The Balaban J connectivity index is 1.65. The number of urea groups is 1. The van der Waals surface area contributed by atoms with Crippen LogP contribution >= 0.6 is 15.9 Å². The summed E-state index contributed by atoms with van der Waals surface area (Å²) in [5.74, 6) is -1.82. The first-order valence-electron chi connectivity index (χ1n) is 11.1. The summed E-state index contributed by atoms with van der Waals surface area (Å²) in [6, 6.07) is 13.2. The van der Waals surface area contributed by atoms with Crippen LogP contribution in [-0.4, -0.2) is 22.8 Å². The van der Waals surface area contributed by atoms with Gasteiger partial charge in [0, 0.05) is 12.1 Å². The molecular formula is C27H19BrFN3O6. The van der Waals surface area contributed by atoms with Crippen LogP contribution in [-0.2, 0) is 22.6 Å². The summed E-state index contributed by atoms with van der Waals surface area (Å²) < 4.78 is 19.8. The third-order valence-electron chi connectivity index (χ3n) is 5.51. The number of nitrogens with zero attached hydrogens (tertiary/aromatic N) is 2. The molecule has 38 heavy (non-hydrogen) atoms. The maximum absolute atomic E-state index is 13.3. The minimum Gasteiger partial charge on any atom is -0.487 e. The fourth-order valence-corrected chi connectivity index (χ4v) is 4.42. The molecular weight excluding hydrogens is 561 g/mol. The fourth-order valence-electron chi connectivity index (χ4n) is 3.79. The van der Waals surface area contributed by atoms with E-state index in [1.54, 1.807) is 30.3 Å². The Bertz CT molecular complexity index is 1500. The molecule has 1 aliphatic heterocycles. The highest BCUT2D eigenvalue weighted by Gasteiger charge is 2.36. The summed E-state index contributed by atoms with van der Waals surface area (Å²) in [4.78, 5) is 49.3. The number of hydrogen-bond acceptors (Lipinski definition) is 6. The minimum absolute atomic E-state index is 0.0537. The van der Waals surface area contributed by atoms with Crippen molar-refractivity contribution in [3.8, 4) is 5.75 Å². The lowest BCUT2D eigenvalue weighted by Crippen LogP contribution is -2.54. The molecule has 192 valence electrons. The molecule has 1 N–H and O–H groups in total. The van der Waals surface area contributed by atoms with Crippen molar-refractivity contribution in [1.29, 1.82) is 0 Å². The van der Waals surface area contributed by atoms with Gasteiger partial charge in [-0.3, -0.25) is 25.0 Å². The second-order valence-electron chi connectivity index (χ2n) is 8.13. The SMILES string of the molecule is C=CCc1cc(/C=C2\C(=O)NC(=O)N(c3ccc(F)cc3)C2=O)cc(Br)c1OCc1cccc([N+](=O)[O-])c1. The summed E-state index contributed by atoms with van der Waals surface area (Å²) in [5.41, 5.74) is 1.48. The van der Waals surface area contributed by atoms with Crippen LogP contribution < -0.4 is 15.0 Å². The predicted octanol–water partition coefficient (Wildman–Crippen LogP) is 5.47. The van der Waals surface area contributed by atoms with Crippen molar-refractivity contribution in [3.63, 3.8) is 0 Å². The van der Waals surface area contributed by atoms with Crippen LogP contribution in [0.5, 0.6) is 5.75 Å². The zero-order valence-electron chi connectivity index (χ0n) is 19.6. The molecule has 0 atom stereocenters. The molecule has 1 aliphatic rings. The van der Waals surface area contributed by atoms with Crippen LogP contribution in [0.2, 0.25) is 0 Å². The topological polar surface area (TPSA) is 119 Å². The summed E-state index contributed by atoms with van der Waals surface area (Å²) in [6.07, 6.45) is 3.36. The fraction of sp³-hybridized carbons (Fsp3) is 0.0741. The van der Waals surface area contributed by atoms with Crippen molar-refractivity contribution in [2.24, 2.45) is 0 Å². The number of carbonyl (C=O) groups excluding carboxylic acids is 3. The maximum Gasteiger partial charge on any atom is 0.335 e. The Labute approximate surface area is 224 Å². The van der Waals surface area contributed by atoms with Gasteiger partial charge in [-0.2, -0.15) is 0 Å². The number of nitrogens with one attached hydrogen (secondary N) is 1. The molecule has 4 rings (SSSR count). The third-order valence-corrected chi connectivity index (χ3v) is 6.10. The molecule has 11 heteroatoms. The molecule has 9 nitrogen and oxygen atoms in total. The summed E-state index contributed by atoms with van der Waals surface area (Å²) >= 11 is 3.46. The predicted molar refractivity (Wildman–Crippen MR) is 141 cm³/mol. The van der Waals surface area contributed by atoms with Gasteiger partial charge in [-0.15, -0.1) is 6.58 Å². The highest BCUT2D eigenvalue weighted by Crippen LogP contribution is 2.34. The third kappa shape index (κ3) is 5.68. The van der Waals surface area contributed by atoms with Crippen LogP contribution in [0.4, 0.5) is 20.6 Å². The van der Waals surface area contributed by atoms with E-state index in [1.165, 1.54) is 30.3 Å². The Kier molecular flexibility index (Phi) is 7.77. The molecule has 1 saturated heterocycles. The number of halogens is 2. The molecule has 0 bridgehead atoms. The molecule has 1 fully saturated rings. The van der Waals surface area contributed by atoms with Crippen LogP contribution in [0.25, 0.3) is 6.08 Å². The van der Waals surface area contributed by atoms with E-state index in [2.05, 4.69) is 27.8 Å². The minimum atomic E-state index is -0.942. The maximum atomic E-state index is 13.3. The average Bonchev–Trinajstić information content (AvgIpc) is 2.87. The number of anilines is 1. The molecule has 3 aromatic carbocycles. The number of ether oxygens (including phenoxy) is 1. The zero-order valence-corrected chi connectivity index (χ0v) is 21.2. The standard InChI is InChI=1S/C27H19BrFN3O6/c1-2-4-18-11-17(14-23(28)24(18)38-15-16-5-3-6-21(12-16)32(36)37)13-22-25(33)30-27(35)31(26(22)34)20-9-7-19(29)8-10-20/h2-3,5-14H,1,4,15H2,(H,30,33,35)/b22-13+. The Morgan fingerprint density at radius 3 is 2.53 bits per heavy atom. The molecule has 1 heterocycles. The van der Waals surface area contributed by atoms with E-state index >= 15 is 0 Å². The van der Waals surface area contributed by atoms with Gasteiger partial charge >= 0.3 is 6.03 Å². The number of nitro groups is 1. The number of rotatable bonds is 8. The molecule has 0 unspecified atom stereocenters. The van der Waals surface area contributed by atoms with Gasteiger partial charge in [0.05, 0.1) is 15.1 Å². The van der Waals surface area contributed by atoms with Crippen molar-refractivity contribution >= 4 is 51.2 Å². The lowest BCUT2D eigenvalue weighted by molar-refractivity contribution is -0.384.